The lowest BCUT2D eigenvalue weighted by atomic mass is 9.90. The predicted octanol–water partition coefficient (Wildman–Crippen LogP) is 5.29. The molecule has 3 aromatic carbocycles. The number of aryl methyl sites for hydroxylation is 1. The second-order valence-electron chi connectivity index (χ2n) is 9.12. The van der Waals surface area contributed by atoms with Crippen LogP contribution in [0.25, 0.3) is 11.1 Å². The summed E-state index contributed by atoms with van der Waals surface area (Å²) >= 11 is 0. The molecule has 0 aromatic heterocycles. The lowest BCUT2D eigenvalue weighted by Gasteiger charge is -2.32. The van der Waals surface area contributed by atoms with Gasteiger partial charge in [0.15, 0.2) is 0 Å². The molecule has 5 heteroatoms. The van der Waals surface area contributed by atoms with Crippen LogP contribution in [0.3, 0.4) is 0 Å². The van der Waals surface area contributed by atoms with Crippen molar-refractivity contribution in [3.8, 4) is 11.1 Å². The van der Waals surface area contributed by atoms with Gasteiger partial charge in [0, 0.05) is 6.54 Å². The standard InChI is InChI=1S/C28H34N2O2S/c1-23-8-10-26(11-9-23)27-12-14-28(15-13-27)33(31,32)29-18-5-19-30-20-16-25(17-21-30)22-24-6-3-2-4-7-24/h2-4,6-15,25,29H,5,16-22H2,1H3. The van der Waals surface area contributed by atoms with Gasteiger partial charge in [-0.1, -0.05) is 72.3 Å². The maximum atomic E-state index is 12.7. The Labute approximate surface area is 198 Å². The van der Waals surface area contributed by atoms with Crippen LogP contribution in [0.2, 0.25) is 0 Å². The van der Waals surface area contributed by atoms with Gasteiger partial charge in [-0.2, -0.15) is 0 Å². The number of rotatable bonds is 9. The van der Waals surface area contributed by atoms with Crippen LogP contribution >= 0.6 is 0 Å². The summed E-state index contributed by atoms with van der Waals surface area (Å²) in [5, 5.41) is 0. The van der Waals surface area contributed by atoms with Gasteiger partial charge in [0.1, 0.15) is 0 Å². The topological polar surface area (TPSA) is 49.4 Å². The summed E-state index contributed by atoms with van der Waals surface area (Å²) in [6, 6.07) is 26.1. The average molecular weight is 463 g/mol. The van der Waals surface area contributed by atoms with Crippen molar-refractivity contribution in [3.63, 3.8) is 0 Å². The summed E-state index contributed by atoms with van der Waals surface area (Å²) < 4.78 is 28.1. The highest BCUT2D eigenvalue weighted by Gasteiger charge is 2.19. The Morgan fingerprint density at radius 1 is 0.848 bits per heavy atom. The number of nitrogens with zero attached hydrogens (tertiary/aromatic N) is 1. The van der Waals surface area contributed by atoms with Gasteiger partial charge >= 0.3 is 0 Å². The lowest BCUT2D eigenvalue weighted by Crippen LogP contribution is -2.36. The van der Waals surface area contributed by atoms with E-state index in [0.717, 1.165) is 49.5 Å². The Kier molecular flexibility index (Phi) is 7.97. The zero-order valence-electron chi connectivity index (χ0n) is 19.4. The van der Waals surface area contributed by atoms with Crippen molar-refractivity contribution in [3.05, 3.63) is 90.0 Å². The third-order valence-electron chi connectivity index (χ3n) is 6.57. The number of benzene rings is 3. The molecule has 0 aliphatic carbocycles. The van der Waals surface area contributed by atoms with E-state index in [0.29, 0.717) is 11.4 Å². The van der Waals surface area contributed by atoms with Crippen molar-refractivity contribution in [1.82, 2.24) is 9.62 Å². The van der Waals surface area contributed by atoms with Gasteiger partial charge in [0.05, 0.1) is 4.90 Å². The molecule has 3 aromatic rings. The number of likely N-dealkylation sites (tertiary alicyclic amines) is 1. The van der Waals surface area contributed by atoms with E-state index in [2.05, 4.69) is 71.1 Å². The SMILES string of the molecule is Cc1ccc(-c2ccc(S(=O)(=O)NCCCN3CCC(Cc4ccccc4)CC3)cc2)cc1. The first-order valence-electron chi connectivity index (χ1n) is 11.9. The first kappa shape index (κ1) is 23.7. The monoisotopic (exact) mass is 462 g/mol. The molecule has 1 aliphatic rings. The minimum atomic E-state index is -3.48. The maximum absolute atomic E-state index is 12.7. The van der Waals surface area contributed by atoms with E-state index in [4.69, 9.17) is 0 Å². The van der Waals surface area contributed by atoms with Crippen molar-refractivity contribution >= 4 is 10.0 Å². The fraction of sp³-hybridized carbons (Fsp3) is 0.357. The Hall–Kier alpha value is -2.47. The molecule has 0 bridgehead atoms. The van der Waals surface area contributed by atoms with E-state index < -0.39 is 10.0 Å². The van der Waals surface area contributed by atoms with Crippen LogP contribution in [0.1, 0.15) is 30.4 Å². The van der Waals surface area contributed by atoms with Crippen LogP contribution < -0.4 is 4.72 Å². The number of nitrogens with one attached hydrogen (secondary N) is 1. The number of sulfonamides is 1. The third-order valence-corrected chi connectivity index (χ3v) is 8.04. The van der Waals surface area contributed by atoms with Crippen molar-refractivity contribution in [1.29, 1.82) is 0 Å². The molecule has 4 nitrogen and oxygen atoms in total. The highest BCUT2D eigenvalue weighted by atomic mass is 32.2. The lowest BCUT2D eigenvalue weighted by molar-refractivity contribution is 0.183. The van der Waals surface area contributed by atoms with Crippen molar-refractivity contribution in [2.45, 2.75) is 37.5 Å². The van der Waals surface area contributed by atoms with Crippen LogP contribution in [0.15, 0.2) is 83.8 Å². The zero-order chi connectivity index (χ0) is 23.1. The molecule has 1 N–H and O–H groups in total. The molecule has 0 amide bonds. The molecule has 0 spiro atoms. The molecule has 1 heterocycles. The van der Waals surface area contributed by atoms with Gasteiger partial charge in [-0.05, 0) is 87.0 Å². The fourth-order valence-electron chi connectivity index (χ4n) is 4.53. The summed E-state index contributed by atoms with van der Waals surface area (Å²) in [6.45, 7) is 5.66. The second kappa shape index (κ2) is 11.1. The quantitative estimate of drug-likeness (QED) is 0.440. The van der Waals surface area contributed by atoms with Crippen LogP contribution in [0, 0.1) is 12.8 Å². The molecule has 0 unspecified atom stereocenters. The van der Waals surface area contributed by atoms with E-state index in [-0.39, 0.29) is 0 Å². The molecule has 4 rings (SSSR count). The summed E-state index contributed by atoms with van der Waals surface area (Å²) in [6.07, 6.45) is 4.42. The highest BCUT2D eigenvalue weighted by Crippen LogP contribution is 2.23. The maximum Gasteiger partial charge on any atom is 0.240 e. The van der Waals surface area contributed by atoms with Gasteiger partial charge in [-0.25, -0.2) is 13.1 Å². The molecule has 33 heavy (non-hydrogen) atoms. The number of hydrogen-bond donors (Lipinski definition) is 1. The van der Waals surface area contributed by atoms with Gasteiger partial charge in [0.25, 0.3) is 0 Å². The Balaban J connectivity index is 1.19. The minimum absolute atomic E-state index is 0.320. The predicted molar refractivity (Wildman–Crippen MR) is 136 cm³/mol. The summed E-state index contributed by atoms with van der Waals surface area (Å²) in [5.74, 6) is 0.755. The third kappa shape index (κ3) is 6.76. The Morgan fingerprint density at radius 2 is 1.45 bits per heavy atom. The van der Waals surface area contributed by atoms with Crippen LogP contribution in [0.4, 0.5) is 0 Å². The van der Waals surface area contributed by atoms with Crippen LogP contribution in [-0.4, -0.2) is 39.5 Å². The molecule has 0 saturated carbocycles. The molecular weight excluding hydrogens is 428 g/mol. The normalized spacial score (nSPS) is 15.5. The minimum Gasteiger partial charge on any atom is -0.303 e. The molecule has 174 valence electrons. The molecule has 1 saturated heterocycles. The zero-order valence-corrected chi connectivity index (χ0v) is 20.2. The second-order valence-corrected chi connectivity index (χ2v) is 10.9. The van der Waals surface area contributed by atoms with Gasteiger partial charge in [0.2, 0.25) is 10.0 Å². The van der Waals surface area contributed by atoms with Crippen LogP contribution in [0.5, 0.6) is 0 Å². The molecule has 1 aliphatic heterocycles. The molecular formula is C28H34N2O2S. The highest BCUT2D eigenvalue weighted by molar-refractivity contribution is 7.89. The first-order valence-corrected chi connectivity index (χ1v) is 13.4. The van der Waals surface area contributed by atoms with E-state index >= 15 is 0 Å². The van der Waals surface area contributed by atoms with Crippen molar-refractivity contribution in [2.75, 3.05) is 26.2 Å². The smallest absolute Gasteiger partial charge is 0.240 e. The van der Waals surface area contributed by atoms with Gasteiger partial charge in [-0.3, -0.25) is 0 Å². The van der Waals surface area contributed by atoms with E-state index in [1.807, 2.05) is 12.1 Å². The Bertz CT molecular complexity index is 1100. The average Bonchev–Trinajstić information content (AvgIpc) is 2.84. The van der Waals surface area contributed by atoms with E-state index in [9.17, 15) is 8.42 Å². The largest absolute Gasteiger partial charge is 0.303 e. The summed E-state index contributed by atoms with van der Waals surface area (Å²) in [4.78, 5) is 2.78. The fourth-order valence-corrected chi connectivity index (χ4v) is 5.60. The first-order chi connectivity index (χ1) is 16.0. The van der Waals surface area contributed by atoms with Crippen LogP contribution in [-0.2, 0) is 16.4 Å². The molecule has 1 fully saturated rings. The Morgan fingerprint density at radius 3 is 2.09 bits per heavy atom. The summed E-state index contributed by atoms with van der Waals surface area (Å²) in [7, 11) is -3.48. The molecule has 0 atom stereocenters. The van der Waals surface area contributed by atoms with Crippen molar-refractivity contribution in [2.24, 2.45) is 5.92 Å². The van der Waals surface area contributed by atoms with Gasteiger partial charge < -0.3 is 4.90 Å². The summed E-state index contributed by atoms with van der Waals surface area (Å²) in [5.41, 5.74) is 4.74. The number of piperidine rings is 1. The number of hydrogen-bond acceptors (Lipinski definition) is 3. The molecule has 0 radical (unpaired) electrons. The van der Waals surface area contributed by atoms with E-state index in [1.165, 1.54) is 24.0 Å². The van der Waals surface area contributed by atoms with Gasteiger partial charge in [-0.15, -0.1) is 0 Å². The van der Waals surface area contributed by atoms with Crippen molar-refractivity contribution < 1.29 is 8.42 Å². The van der Waals surface area contributed by atoms with E-state index in [1.54, 1.807) is 12.1 Å².